The second-order valence-corrected chi connectivity index (χ2v) is 6.74. The highest BCUT2D eigenvalue weighted by Crippen LogP contribution is 2.35. The highest BCUT2D eigenvalue weighted by atomic mass is 32.2. The quantitative estimate of drug-likeness (QED) is 0.595. The van der Waals surface area contributed by atoms with Crippen LogP contribution in [0.2, 0.25) is 0 Å². The van der Waals surface area contributed by atoms with Gasteiger partial charge in [-0.3, -0.25) is 0 Å². The Labute approximate surface area is 144 Å². The SMILES string of the molecule is COc1ccc(/C=C/c2nc3cc(OC)c(SC)cc3s2)cc1. The van der Waals surface area contributed by atoms with E-state index in [1.165, 1.54) is 4.70 Å². The van der Waals surface area contributed by atoms with E-state index in [2.05, 4.69) is 23.4 Å². The molecule has 2 aromatic carbocycles. The van der Waals surface area contributed by atoms with Crippen LogP contribution in [0.5, 0.6) is 11.5 Å². The lowest BCUT2D eigenvalue weighted by molar-refractivity contribution is 0.405. The fraction of sp³-hybridized carbons (Fsp3) is 0.167. The Balaban J connectivity index is 1.89. The molecule has 0 bridgehead atoms. The molecule has 0 unspecified atom stereocenters. The summed E-state index contributed by atoms with van der Waals surface area (Å²) in [6, 6.07) is 12.1. The minimum atomic E-state index is 0.860. The first-order chi connectivity index (χ1) is 11.2. The number of ether oxygens (including phenoxy) is 2. The van der Waals surface area contributed by atoms with E-state index >= 15 is 0 Å². The van der Waals surface area contributed by atoms with Gasteiger partial charge in [-0.2, -0.15) is 0 Å². The summed E-state index contributed by atoms with van der Waals surface area (Å²) < 4.78 is 11.8. The van der Waals surface area contributed by atoms with Crippen LogP contribution in [-0.2, 0) is 0 Å². The van der Waals surface area contributed by atoms with Crippen molar-refractivity contribution in [1.82, 2.24) is 4.98 Å². The molecule has 5 heteroatoms. The summed E-state index contributed by atoms with van der Waals surface area (Å²) in [5, 5.41) is 0.983. The molecular weight excluding hydrogens is 326 g/mol. The summed E-state index contributed by atoms with van der Waals surface area (Å²) >= 11 is 3.36. The molecule has 1 heterocycles. The van der Waals surface area contributed by atoms with Crippen LogP contribution in [0.25, 0.3) is 22.4 Å². The Bertz CT molecular complexity index is 797. The van der Waals surface area contributed by atoms with Crippen molar-refractivity contribution in [1.29, 1.82) is 0 Å². The monoisotopic (exact) mass is 343 g/mol. The lowest BCUT2D eigenvalue weighted by Gasteiger charge is -2.04. The van der Waals surface area contributed by atoms with Crippen molar-refractivity contribution in [2.75, 3.05) is 20.5 Å². The van der Waals surface area contributed by atoms with Gasteiger partial charge in [0.1, 0.15) is 16.5 Å². The van der Waals surface area contributed by atoms with Crippen molar-refractivity contribution >= 4 is 45.5 Å². The molecular formula is C18H17NO2S2. The third kappa shape index (κ3) is 3.51. The Morgan fingerprint density at radius 1 is 1.04 bits per heavy atom. The van der Waals surface area contributed by atoms with Crippen LogP contribution in [0.4, 0.5) is 0 Å². The first kappa shape index (κ1) is 15.9. The van der Waals surface area contributed by atoms with Crippen molar-refractivity contribution < 1.29 is 9.47 Å². The van der Waals surface area contributed by atoms with Gasteiger partial charge >= 0.3 is 0 Å². The zero-order chi connectivity index (χ0) is 16.2. The fourth-order valence-corrected chi connectivity index (χ4v) is 3.77. The minimum Gasteiger partial charge on any atom is -0.497 e. The van der Waals surface area contributed by atoms with Gasteiger partial charge in [-0.05, 0) is 36.1 Å². The second-order valence-electron chi connectivity index (χ2n) is 4.83. The summed E-state index contributed by atoms with van der Waals surface area (Å²) in [5.41, 5.74) is 2.09. The van der Waals surface area contributed by atoms with Gasteiger partial charge in [-0.15, -0.1) is 23.1 Å². The van der Waals surface area contributed by atoms with Crippen molar-refractivity contribution in [2.24, 2.45) is 0 Å². The van der Waals surface area contributed by atoms with Crippen LogP contribution < -0.4 is 9.47 Å². The van der Waals surface area contributed by atoms with Crippen LogP contribution in [-0.4, -0.2) is 25.5 Å². The van der Waals surface area contributed by atoms with Gasteiger partial charge in [0.15, 0.2) is 0 Å². The number of benzene rings is 2. The number of hydrogen-bond acceptors (Lipinski definition) is 5. The molecule has 23 heavy (non-hydrogen) atoms. The molecule has 0 aliphatic carbocycles. The highest BCUT2D eigenvalue weighted by molar-refractivity contribution is 7.98. The molecule has 0 fully saturated rings. The lowest BCUT2D eigenvalue weighted by atomic mass is 10.2. The van der Waals surface area contributed by atoms with E-state index in [1.807, 2.05) is 36.4 Å². The Kier molecular flexibility index (Phi) is 4.88. The Morgan fingerprint density at radius 3 is 2.48 bits per heavy atom. The topological polar surface area (TPSA) is 31.4 Å². The van der Waals surface area contributed by atoms with Crippen LogP contribution in [0.15, 0.2) is 41.3 Å². The molecule has 0 amide bonds. The van der Waals surface area contributed by atoms with Gasteiger partial charge in [-0.25, -0.2) is 4.98 Å². The number of thioether (sulfide) groups is 1. The average Bonchev–Trinajstić information content (AvgIpc) is 3.00. The van der Waals surface area contributed by atoms with Crippen molar-refractivity contribution in [3.63, 3.8) is 0 Å². The largest absolute Gasteiger partial charge is 0.497 e. The molecule has 0 atom stereocenters. The van der Waals surface area contributed by atoms with Crippen molar-refractivity contribution in [3.05, 3.63) is 47.0 Å². The van der Waals surface area contributed by atoms with Gasteiger partial charge < -0.3 is 9.47 Å². The molecule has 0 saturated carbocycles. The lowest BCUT2D eigenvalue weighted by Crippen LogP contribution is -1.85. The Hall–Kier alpha value is -1.98. The number of methoxy groups -OCH3 is 2. The number of nitrogens with zero attached hydrogens (tertiary/aromatic N) is 1. The van der Waals surface area contributed by atoms with Gasteiger partial charge in [0.25, 0.3) is 0 Å². The number of rotatable bonds is 5. The minimum absolute atomic E-state index is 0.860. The molecule has 0 spiro atoms. The Morgan fingerprint density at radius 2 is 1.83 bits per heavy atom. The molecule has 3 aromatic rings. The van der Waals surface area contributed by atoms with Gasteiger partial charge in [-0.1, -0.05) is 18.2 Å². The summed E-state index contributed by atoms with van der Waals surface area (Å²) in [4.78, 5) is 5.80. The van der Waals surface area contributed by atoms with Crippen LogP contribution in [0.1, 0.15) is 10.6 Å². The van der Waals surface area contributed by atoms with Crippen LogP contribution in [0.3, 0.4) is 0 Å². The average molecular weight is 343 g/mol. The van der Waals surface area contributed by atoms with E-state index in [0.29, 0.717) is 0 Å². The van der Waals surface area contributed by atoms with E-state index in [0.717, 1.165) is 32.5 Å². The second kappa shape index (κ2) is 7.06. The van der Waals surface area contributed by atoms with E-state index < -0.39 is 0 Å². The molecule has 118 valence electrons. The summed E-state index contributed by atoms with van der Waals surface area (Å²) in [6.07, 6.45) is 6.15. The molecule has 1 aromatic heterocycles. The number of hydrogen-bond donors (Lipinski definition) is 0. The normalized spacial score (nSPS) is 11.3. The van der Waals surface area contributed by atoms with E-state index in [9.17, 15) is 0 Å². The molecule has 0 aliphatic rings. The van der Waals surface area contributed by atoms with Crippen molar-refractivity contribution in [3.8, 4) is 11.5 Å². The molecule has 3 nitrogen and oxygen atoms in total. The maximum absolute atomic E-state index is 5.42. The predicted molar refractivity (Wildman–Crippen MR) is 99.9 cm³/mol. The summed E-state index contributed by atoms with van der Waals surface area (Å²) in [6.45, 7) is 0. The molecule has 3 rings (SSSR count). The highest BCUT2D eigenvalue weighted by Gasteiger charge is 2.08. The third-order valence-electron chi connectivity index (χ3n) is 3.44. The van der Waals surface area contributed by atoms with E-state index in [1.54, 1.807) is 37.3 Å². The van der Waals surface area contributed by atoms with Gasteiger partial charge in [0.05, 0.1) is 29.3 Å². The number of fused-ring (bicyclic) bond motifs is 1. The molecule has 0 N–H and O–H groups in total. The molecule has 0 radical (unpaired) electrons. The summed E-state index contributed by atoms with van der Waals surface area (Å²) in [5.74, 6) is 1.74. The standard InChI is InChI=1S/C18H17NO2S2/c1-20-13-7-4-12(5-8-13)6-9-18-19-14-10-15(21-2)17(22-3)11-16(14)23-18/h4-11H,1-3H3/b9-6+. The van der Waals surface area contributed by atoms with Gasteiger partial charge in [0.2, 0.25) is 0 Å². The number of aromatic nitrogens is 1. The number of thiazole rings is 1. The molecule has 0 aliphatic heterocycles. The van der Waals surface area contributed by atoms with E-state index in [-0.39, 0.29) is 0 Å². The maximum Gasteiger partial charge on any atom is 0.134 e. The van der Waals surface area contributed by atoms with E-state index in [4.69, 9.17) is 9.47 Å². The first-order valence-electron chi connectivity index (χ1n) is 7.08. The van der Waals surface area contributed by atoms with Crippen LogP contribution >= 0.6 is 23.1 Å². The third-order valence-corrected chi connectivity index (χ3v) is 5.19. The maximum atomic E-state index is 5.42. The smallest absolute Gasteiger partial charge is 0.134 e. The predicted octanol–water partition coefficient (Wildman–Crippen LogP) is 5.21. The molecule has 0 saturated heterocycles. The van der Waals surface area contributed by atoms with Gasteiger partial charge in [0, 0.05) is 6.07 Å². The first-order valence-corrected chi connectivity index (χ1v) is 9.12. The summed E-state index contributed by atoms with van der Waals surface area (Å²) in [7, 11) is 3.36. The zero-order valence-corrected chi connectivity index (χ0v) is 14.8. The van der Waals surface area contributed by atoms with Crippen molar-refractivity contribution in [2.45, 2.75) is 4.90 Å². The zero-order valence-electron chi connectivity index (χ0n) is 13.2. The van der Waals surface area contributed by atoms with Crippen LogP contribution in [0, 0.1) is 0 Å². The fourth-order valence-electron chi connectivity index (χ4n) is 2.23.